The predicted molar refractivity (Wildman–Crippen MR) is 73.6 cm³/mol. The Kier molecular flexibility index (Phi) is 3.20. The third-order valence-electron chi connectivity index (χ3n) is 3.13. The highest BCUT2D eigenvalue weighted by atomic mass is 35.5. The van der Waals surface area contributed by atoms with E-state index in [-0.39, 0.29) is 21.9 Å². The molecule has 0 aliphatic rings. The zero-order valence-corrected chi connectivity index (χ0v) is 11.0. The molecule has 0 spiro atoms. The van der Waals surface area contributed by atoms with Gasteiger partial charge < -0.3 is 10.2 Å². The Labute approximate surface area is 118 Å². The highest BCUT2D eigenvalue weighted by Crippen LogP contribution is 2.32. The first-order valence-corrected chi connectivity index (χ1v) is 6.33. The number of rotatable bonds is 2. The molecule has 0 radical (unpaired) electrons. The van der Waals surface area contributed by atoms with Crippen LogP contribution in [-0.2, 0) is 0 Å². The fourth-order valence-electron chi connectivity index (χ4n) is 2.15. The first kappa shape index (κ1) is 13.1. The van der Waals surface area contributed by atoms with Crippen LogP contribution in [-0.4, -0.2) is 0 Å². The van der Waals surface area contributed by atoms with Crippen LogP contribution in [0.3, 0.4) is 0 Å². The Morgan fingerprint density at radius 2 is 1.75 bits per heavy atom. The molecule has 0 bridgehead atoms. The number of benzene rings is 2. The quantitative estimate of drug-likeness (QED) is 0.760. The van der Waals surface area contributed by atoms with Gasteiger partial charge in [0.1, 0.15) is 11.6 Å². The summed E-state index contributed by atoms with van der Waals surface area (Å²) in [5, 5.41) is 0.779. The van der Waals surface area contributed by atoms with Crippen molar-refractivity contribution in [2.75, 3.05) is 0 Å². The molecule has 0 saturated carbocycles. The van der Waals surface area contributed by atoms with E-state index in [9.17, 15) is 8.78 Å². The summed E-state index contributed by atoms with van der Waals surface area (Å²) in [6.07, 6.45) is 0. The first-order chi connectivity index (χ1) is 9.58. The number of halogens is 3. The van der Waals surface area contributed by atoms with Gasteiger partial charge in [-0.2, -0.15) is 0 Å². The lowest BCUT2D eigenvalue weighted by molar-refractivity contribution is 0.492. The molecular weight excluding hydrogens is 284 g/mol. The van der Waals surface area contributed by atoms with E-state index in [1.54, 1.807) is 24.3 Å². The van der Waals surface area contributed by atoms with Crippen LogP contribution in [0.1, 0.15) is 17.4 Å². The Balaban J connectivity index is 2.13. The summed E-state index contributed by atoms with van der Waals surface area (Å²) < 4.78 is 32.8. The smallest absolute Gasteiger partial charge is 0.169 e. The van der Waals surface area contributed by atoms with Crippen molar-refractivity contribution in [3.05, 3.63) is 70.4 Å². The van der Waals surface area contributed by atoms with Crippen LogP contribution in [0.15, 0.2) is 46.9 Å². The molecule has 1 heterocycles. The normalized spacial score (nSPS) is 12.8. The van der Waals surface area contributed by atoms with Gasteiger partial charge in [-0.15, -0.1) is 0 Å². The minimum Gasteiger partial charge on any atom is -0.456 e. The summed E-state index contributed by atoms with van der Waals surface area (Å²) in [5.74, 6) is -0.747. The predicted octanol–water partition coefficient (Wildman–Crippen LogP) is 4.41. The van der Waals surface area contributed by atoms with E-state index in [2.05, 4.69) is 0 Å². The Hall–Kier alpha value is -1.91. The van der Waals surface area contributed by atoms with Crippen LogP contribution in [0.5, 0.6) is 0 Å². The van der Waals surface area contributed by atoms with Gasteiger partial charge in [0.25, 0.3) is 0 Å². The molecule has 1 unspecified atom stereocenters. The fraction of sp³-hybridized carbons (Fsp3) is 0.0667. The zero-order chi connectivity index (χ0) is 14.3. The van der Waals surface area contributed by atoms with Crippen LogP contribution in [0.2, 0.25) is 5.02 Å². The molecule has 2 nitrogen and oxygen atoms in total. The van der Waals surface area contributed by atoms with Crippen molar-refractivity contribution in [3.63, 3.8) is 0 Å². The van der Waals surface area contributed by atoms with E-state index in [0.717, 1.165) is 0 Å². The molecule has 2 N–H and O–H groups in total. The van der Waals surface area contributed by atoms with E-state index in [1.807, 2.05) is 0 Å². The van der Waals surface area contributed by atoms with E-state index >= 15 is 0 Å². The molecular formula is C15H10ClF2NO. The number of furan rings is 1. The maximum absolute atomic E-state index is 13.8. The summed E-state index contributed by atoms with van der Waals surface area (Å²) in [7, 11) is 0. The van der Waals surface area contributed by atoms with Crippen LogP contribution in [0.4, 0.5) is 8.78 Å². The maximum Gasteiger partial charge on any atom is 0.169 e. The van der Waals surface area contributed by atoms with Crippen molar-refractivity contribution in [1.82, 2.24) is 0 Å². The van der Waals surface area contributed by atoms with Crippen molar-refractivity contribution in [2.45, 2.75) is 6.04 Å². The molecule has 0 fully saturated rings. The molecule has 0 saturated heterocycles. The molecule has 1 atom stereocenters. The van der Waals surface area contributed by atoms with Gasteiger partial charge in [-0.25, -0.2) is 8.78 Å². The number of para-hydroxylation sites is 1. The van der Waals surface area contributed by atoms with Crippen molar-refractivity contribution in [2.24, 2.45) is 5.73 Å². The average Bonchev–Trinajstić information content (AvgIpc) is 2.84. The van der Waals surface area contributed by atoms with Gasteiger partial charge in [0, 0.05) is 16.0 Å². The summed E-state index contributed by atoms with van der Waals surface area (Å²) in [5.41, 5.74) is 6.23. The monoisotopic (exact) mass is 293 g/mol. The van der Waals surface area contributed by atoms with E-state index in [1.165, 1.54) is 18.2 Å². The number of hydrogen-bond donors (Lipinski definition) is 1. The molecule has 0 aliphatic carbocycles. The van der Waals surface area contributed by atoms with Gasteiger partial charge in [0.15, 0.2) is 11.4 Å². The Morgan fingerprint density at radius 3 is 2.45 bits per heavy atom. The lowest BCUT2D eigenvalue weighted by atomic mass is 10.0. The van der Waals surface area contributed by atoms with Gasteiger partial charge >= 0.3 is 0 Å². The standard InChI is InChI=1S/C15H10ClF2NO/c16-9-4-2-5-10(17)13(9)14(19)12-7-8-3-1-6-11(18)15(8)20-12/h1-7,14H,19H2. The lowest BCUT2D eigenvalue weighted by Gasteiger charge is -2.11. The molecule has 102 valence electrons. The second kappa shape index (κ2) is 4.89. The van der Waals surface area contributed by atoms with Crippen molar-refractivity contribution >= 4 is 22.6 Å². The highest BCUT2D eigenvalue weighted by molar-refractivity contribution is 6.31. The van der Waals surface area contributed by atoms with Crippen LogP contribution in [0, 0.1) is 11.6 Å². The van der Waals surface area contributed by atoms with E-state index in [4.69, 9.17) is 21.8 Å². The van der Waals surface area contributed by atoms with Gasteiger partial charge in [-0.3, -0.25) is 0 Å². The van der Waals surface area contributed by atoms with E-state index < -0.39 is 17.7 Å². The van der Waals surface area contributed by atoms with Crippen molar-refractivity contribution < 1.29 is 13.2 Å². The lowest BCUT2D eigenvalue weighted by Crippen LogP contribution is -2.13. The zero-order valence-electron chi connectivity index (χ0n) is 10.2. The summed E-state index contributed by atoms with van der Waals surface area (Å²) in [6.45, 7) is 0. The number of fused-ring (bicyclic) bond motifs is 1. The minimum atomic E-state index is -0.893. The second-order valence-electron chi connectivity index (χ2n) is 4.42. The van der Waals surface area contributed by atoms with E-state index in [0.29, 0.717) is 5.39 Å². The summed E-state index contributed by atoms with van der Waals surface area (Å²) >= 11 is 5.97. The third-order valence-corrected chi connectivity index (χ3v) is 3.46. The molecule has 0 aliphatic heterocycles. The summed E-state index contributed by atoms with van der Waals surface area (Å²) in [4.78, 5) is 0. The Bertz CT molecular complexity index is 764. The molecule has 1 aromatic heterocycles. The molecule has 5 heteroatoms. The van der Waals surface area contributed by atoms with Crippen molar-refractivity contribution in [1.29, 1.82) is 0 Å². The molecule has 20 heavy (non-hydrogen) atoms. The Morgan fingerprint density at radius 1 is 1.05 bits per heavy atom. The summed E-state index contributed by atoms with van der Waals surface area (Å²) in [6, 6.07) is 9.55. The fourth-order valence-corrected chi connectivity index (χ4v) is 2.43. The van der Waals surface area contributed by atoms with Gasteiger partial charge in [0.05, 0.1) is 6.04 Å². The second-order valence-corrected chi connectivity index (χ2v) is 4.83. The van der Waals surface area contributed by atoms with Crippen LogP contribution < -0.4 is 5.73 Å². The topological polar surface area (TPSA) is 39.2 Å². The average molecular weight is 294 g/mol. The first-order valence-electron chi connectivity index (χ1n) is 5.95. The van der Waals surface area contributed by atoms with Gasteiger partial charge in [-0.05, 0) is 24.3 Å². The highest BCUT2D eigenvalue weighted by Gasteiger charge is 2.21. The SMILES string of the molecule is NC(c1cc2cccc(F)c2o1)c1c(F)cccc1Cl. The number of hydrogen-bond acceptors (Lipinski definition) is 2. The minimum absolute atomic E-state index is 0.102. The van der Waals surface area contributed by atoms with Gasteiger partial charge in [0.2, 0.25) is 0 Å². The third kappa shape index (κ3) is 2.07. The molecule has 3 aromatic rings. The van der Waals surface area contributed by atoms with Crippen LogP contribution in [0.25, 0.3) is 11.0 Å². The van der Waals surface area contributed by atoms with Gasteiger partial charge in [-0.1, -0.05) is 29.8 Å². The number of nitrogens with two attached hydrogens (primary N) is 1. The maximum atomic E-state index is 13.8. The molecule has 0 amide bonds. The molecule has 3 rings (SSSR count). The van der Waals surface area contributed by atoms with Crippen LogP contribution >= 0.6 is 11.6 Å². The largest absolute Gasteiger partial charge is 0.456 e. The van der Waals surface area contributed by atoms with Crippen molar-refractivity contribution in [3.8, 4) is 0 Å². The molecule has 2 aromatic carbocycles.